The van der Waals surface area contributed by atoms with Crippen LogP contribution < -0.4 is 10.6 Å². The lowest BCUT2D eigenvalue weighted by Gasteiger charge is -2.11. The first-order valence-corrected chi connectivity index (χ1v) is 5.58. The second kappa shape index (κ2) is 4.14. The van der Waals surface area contributed by atoms with Gasteiger partial charge in [0, 0.05) is 18.3 Å². The zero-order valence-electron chi connectivity index (χ0n) is 7.18. The van der Waals surface area contributed by atoms with Crippen LogP contribution in [0.2, 0.25) is 0 Å². The Labute approximate surface area is 77.4 Å². The number of nitrogens with zero attached hydrogens (tertiary/aromatic N) is 1. The third kappa shape index (κ3) is 2.14. The average molecular weight is 185 g/mol. The van der Waals surface area contributed by atoms with Crippen LogP contribution in [0.5, 0.6) is 0 Å². The van der Waals surface area contributed by atoms with Gasteiger partial charge in [-0.15, -0.1) is 0 Å². The third-order valence-corrected chi connectivity index (χ3v) is 3.18. The summed E-state index contributed by atoms with van der Waals surface area (Å²) in [5, 5.41) is 7.97. The molecule has 2 aliphatic rings. The Bertz CT molecular complexity index is 175. The van der Waals surface area contributed by atoms with Crippen molar-refractivity contribution < 1.29 is 0 Å². The highest BCUT2D eigenvalue weighted by atomic mass is 32.2. The van der Waals surface area contributed by atoms with E-state index in [-0.39, 0.29) is 0 Å². The van der Waals surface area contributed by atoms with Gasteiger partial charge < -0.3 is 10.6 Å². The number of nitrogens with one attached hydrogen (secondary N) is 2. The van der Waals surface area contributed by atoms with E-state index in [0.717, 1.165) is 24.0 Å². The van der Waals surface area contributed by atoms with E-state index in [0.29, 0.717) is 6.04 Å². The lowest BCUT2D eigenvalue weighted by molar-refractivity contribution is 0.591. The molecule has 12 heavy (non-hydrogen) atoms. The van der Waals surface area contributed by atoms with Crippen LogP contribution in [0.15, 0.2) is 4.99 Å². The molecular weight excluding hydrogens is 170 g/mol. The smallest absolute Gasteiger partial charge is 0.156 e. The quantitative estimate of drug-likeness (QED) is 0.655. The molecule has 1 saturated heterocycles. The van der Waals surface area contributed by atoms with Crippen LogP contribution in [0.1, 0.15) is 12.8 Å². The molecule has 2 heterocycles. The number of hydrogen-bond acceptors (Lipinski definition) is 4. The van der Waals surface area contributed by atoms with Gasteiger partial charge in [-0.05, 0) is 19.4 Å². The normalized spacial score (nSPS) is 29.0. The average Bonchev–Trinajstić information content (AvgIpc) is 2.74. The SMILES string of the molecule is C1CN[C@H](CNC2=NCCS2)C1. The van der Waals surface area contributed by atoms with E-state index in [2.05, 4.69) is 15.6 Å². The Kier molecular flexibility index (Phi) is 2.89. The first kappa shape index (κ1) is 8.38. The van der Waals surface area contributed by atoms with E-state index in [1.807, 2.05) is 11.8 Å². The lowest BCUT2D eigenvalue weighted by atomic mass is 10.2. The maximum atomic E-state index is 4.34. The van der Waals surface area contributed by atoms with Crippen molar-refractivity contribution in [2.24, 2.45) is 4.99 Å². The molecule has 0 saturated carbocycles. The fraction of sp³-hybridized carbons (Fsp3) is 0.875. The minimum Gasteiger partial charge on any atom is -0.363 e. The van der Waals surface area contributed by atoms with Crippen LogP contribution >= 0.6 is 11.8 Å². The molecule has 0 radical (unpaired) electrons. The summed E-state index contributed by atoms with van der Waals surface area (Å²) in [5.41, 5.74) is 0. The minimum atomic E-state index is 0.675. The summed E-state index contributed by atoms with van der Waals surface area (Å²) in [6, 6.07) is 0.675. The first-order valence-electron chi connectivity index (χ1n) is 4.59. The van der Waals surface area contributed by atoms with Gasteiger partial charge in [0.2, 0.25) is 0 Å². The van der Waals surface area contributed by atoms with Crippen molar-refractivity contribution in [1.82, 2.24) is 10.6 Å². The van der Waals surface area contributed by atoms with E-state index >= 15 is 0 Å². The Morgan fingerprint density at radius 2 is 2.67 bits per heavy atom. The molecule has 1 fully saturated rings. The molecule has 2 rings (SSSR count). The molecule has 0 aliphatic carbocycles. The highest BCUT2D eigenvalue weighted by Crippen LogP contribution is 2.10. The topological polar surface area (TPSA) is 36.4 Å². The summed E-state index contributed by atoms with van der Waals surface area (Å²) < 4.78 is 0. The van der Waals surface area contributed by atoms with Crippen molar-refractivity contribution in [1.29, 1.82) is 0 Å². The Morgan fingerprint density at radius 3 is 3.33 bits per heavy atom. The summed E-state index contributed by atoms with van der Waals surface area (Å²) in [7, 11) is 0. The van der Waals surface area contributed by atoms with Gasteiger partial charge in [0.25, 0.3) is 0 Å². The van der Waals surface area contributed by atoms with Crippen LogP contribution in [0.25, 0.3) is 0 Å². The molecule has 68 valence electrons. The van der Waals surface area contributed by atoms with Crippen molar-refractivity contribution in [3.05, 3.63) is 0 Å². The Hall–Kier alpha value is -0.220. The number of thioether (sulfide) groups is 1. The first-order chi connectivity index (χ1) is 5.95. The van der Waals surface area contributed by atoms with Crippen molar-refractivity contribution in [3.63, 3.8) is 0 Å². The second-order valence-corrected chi connectivity index (χ2v) is 4.29. The largest absolute Gasteiger partial charge is 0.363 e. The highest BCUT2D eigenvalue weighted by molar-refractivity contribution is 8.14. The van der Waals surface area contributed by atoms with E-state index in [1.54, 1.807) is 0 Å². The summed E-state index contributed by atoms with van der Waals surface area (Å²) in [4.78, 5) is 4.34. The van der Waals surface area contributed by atoms with Crippen LogP contribution in [0.4, 0.5) is 0 Å². The van der Waals surface area contributed by atoms with Crippen molar-refractivity contribution in [2.75, 3.05) is 25.4 Å². The van der Waals surface area contributed by atoms with E-state index in [1.165, 1.54) is 19.4 Å². The van der Waals surface area contributed by atoms with Gasteiger partial charge in [0.15, 0.2) is 5.17 Å². The fourth-order valence-electron chi connectivity index (χ4n) is 1.58. The number of rotatable bonds is 2. The monoisotopic (exact) mass is 185 g/mol. The summed E-state index contributed by atoms with van der Waals surface area (Å²) in [6.07, 6.45) is 2.64. The van der Waals surface area contributed by atoms with Gasteiger partial charge in [0.1, 0.15) is 0 Å². The molecule has 2 aliphatic heterocycles. The molecule has 2 N–H and O–H groups in total. The third-order valence-electron chi connectivity index (χ3n) is 2.25. The van der Waals surface area contributed by atoms with Gasteiger partial charge >= 0.3 is 0 Å². The molecule has 4 heteroatoms. The molecule has 0 amide bonds. The minimum absolute atomic E-state index is 0.675. The zero-order chi connectivity index (χ0) is 8.23. The van der Waals surface area contributed by atoms with Gasteiger partial charge in [0.05, 0.1) is 6.54 Å². The van der Waals surface area contributed by atoms with Crippen molar-refractivity contribution in [2.45, 2.75) is 18.9 Å². The maximum absolute atomic E-state index is 4.34. The second-order valence-electron chi connectivity index (χ2n) is 3.21. The molecule has 3 nitrogen and oxygen atoms in total. The van der Waals surface area contributed by atoms with Crippen LogP contribution in [-0.4, -0.2) is 36.6 Å². The zero-order valence-corrected chi connectivity index (χ0v) is 7.99. The predicted octanol–water partition coefficient (Wildman–Crippen LogP) is 0.431. The van der Waals surface area contributed by atoms with E-state index in [4.69, 9.17) is 0 Å². The predicted molar refractivity (Wildman–Crippen MR) is 53.8 cm³/mol. The van der Waals surface area contributed by atoms with Crippen LogP contribution in [-0.2, 0) is 0 Å². The number of aliphatic imine (C=N–C) groups is 1. The molecule has 0 aromatic heterocycles. The van der Waals surface area contributed by atoms with Crippen LogP contribution in [0.3, 0.4) is 0 Å². The highest BCUT2D eigenvalue weighted by Gasteiger charge is 2.14. The lowest BCUT2D eigenvalue weighted by Crippen LogP contribution is -2.35. The number of amidine groups is 1. The van der Waals surface area contributed by atoms with E-state index < -0.39 is 0 Å². The van der Waals surface area contributed by atoms with Gasteiger partial charge in [-0.3, -0.25) is 4.99 Å². The summed E-state index contributed by atoms with van der Waals surface area (Å²) >= 11 is 1.84. The molecule has 0 aromatic carbocycles. The van der Waals surface area contributed by atoms with Gasteiger partial charge in [-0.2, -0.15) is 0 Å². The molecule has 0 unspecified atom stereocenters. The van der Waals surface area contributed by atoms with Crippen molar-refractivity contribution >= 4 is 16.9 Å². The maximum Gasteiger partial charge on any atom is 0.156 e. The standard InChI is InChI=1S/C8H15N3S/c1-2-7(9-3-1)6-11-8-10-4-5-12-8/h7,9H,1-6H2,(H,10,11)/t7-/m0/s1. The van der Waals surface area contributed by atoms with Crippen molar-refractivity contribution in [3.8, 4) is 0 Å². The van der Waals surface area contributed by atoms with E-state index in [9.17, 15) is 0 Å². The Morgan fingerprint density at radius 1 is 1.67 bits per heavy atom. The summed E-state index contributed by atoms with van der Waals surface area (Å²) in [6.45, 7) is 3.23. The fourth-order valence-corrected chi connectivity index (χ4v) is 2.33. The summed E-state index contributed by atoms with van der Waals surface area (Å²) in [5.74, 6) is 1.15. The molecule has 0 spiro atoms. The molecule has 0 aromatic rings. The Balaban J connectivity index is 1.67. The van der Waals surface area contributed by atoms with Gasteiger partial charge in [-0.1, -0.05) is 11.8 Å². The number of hydrogen-bond donors (Lipinski definition) is 2. The molecule has 1 atom stereocenters. The van der Waals surface area contributed by atoms with Crippen LogP contribution in [0, 0.1) is 0 Å². The molecule has 0 bridgehead atoms. The molecular formula is C8H15N3S. The van der Waals surface area contributed by atoms with Gasteiger partial charge in [-0.25, -0.2) is 0 Å².